The van der Waals surface area contributed by atoms with E-state index in [9.17, 15) is 13.2 Å². The quantitative estimate of drug-likeness (QED) is 0.725. The van der Waals surface area contributed by atoms with Crippen molar-refractivity contribution in [3.05, 3.63) is 35.7 Å². The summed E-state index contributed by atoms with van der Waals surface area (Å²) in [5.74, 6) is 1.17. The van der Waals surface area contributed by atoms with Crippen molar-refractivity contribution in [2.24, 2.45) is 5.92 Å². The van der Waals surface area contributed by atoms with E-state index in [0.29, 0.717) is 31.2 Å². The Morgan fingerprint density at radius 2 is 2.11 bits per heavy atom. The van der Waals surface area contributed by atoms with Gasteiger partial charge in [0.15, 0.2) is 0 Å². The van der Waals surface area contributed by atoms with Gasteiger partial charge in [-0.05, 0) is 31.2 Å². The summed E-state index contributed by atoms with van der Waals surface area (Å²) in [5.41, 5.74) is 2.03. The highest BCUT2D eigenvalue weighted by molar-refractivity contribution is 7.88. The van der Waals surface area contributed by atoms with Crippen molar-refractivity contribution in [2.75, 3.05) is 32.9 Å². The Kier molecular flexibility index (Phi) is 6.14. The Morgan fingerprint density at radius 1 is 1.36 bits per heavy atom. The third kappa shape index (κ3) is 4.96. The molecule has 0 spiro atoms. The number of amides is 1. The van der Waals surface area contributed by atoms with Gasteiger partial charge in [-0.25, -0.2) is 8.42 Å². The molecule has 0 saturated carbocycles. The van der Waals surface area contributed by atoms with Crippen molar-refractivity contribution in [3.63, 3.8) is 0 Å². The molecule has 1 atom stereocenters. The average molecular weight is 407 g/mol. The van der Waals surface area contributed by atoms with Gasteiger partial charge in [0.1, 0.15) is 0 Å². The maximum atomic E-state index is 12.4. The van der Waals surface area contributed by atoms with Crippen LogP contribution in [0.2, 0.25) is 0 Å². The first-order valence-corrected chi connectivity index (χ1v) is 11.2. The lowest BCUT2D eigenvalue weighted by atomic mass is 9.94. The van der Waals surface area contributed by atoms with Crippen molar-refractivity contribution < 1.29 is 17.7 Å². The molecule has 1 aliphatic heterocycles. The molecular weight excluding hydrogens is 380 g/mol. The van der Waals surface area contributed by atoms with Crippen molar-refractivity contribution in [1.29, 1.82) is 0 Å². The smallest absolute Gasteiger partial charge is 0.237 e. The first kappa shape index (κ1) is 20.5. The highest BCUT2D eigenvalue weighted by Crippen LogP contribution is 2.24. The second kappa shape index (κ2) is 8.40. The number of hydrogen-bond acceptors (Lipinski definition) is 6. The SMILES string of the molecule is Cc1ccccc1-c1noc(CC2CCCN(C(=O)CN(C)S(C)(=O)=O)C2)n1. The van der Waals surface area contributed by atoms with E-state index in [1.54, 1.807) is 4.90 Å². The number of nitrogens with zero attached hydrogens (tertiary/aromatic N) is 4. The topological polar surface area (TPSA) is 96.6 Å². The van der Waals surface area contributed by atoms with Crippen LogP contribution in [-0.4, -0.2) is 66.6 Å². The van der Waals surface area contributed by atoms with Crippen LogP contribution in [0.5, 0.6) is 0 Å². The molecule has 0 radical (unpaired) electrons. The number of benzene rings is 1. The minimum atomic E-state index is -3.37. The summed E-state index contributed by atoms with van der Waals surface area (Å²) in [6, 6.07) is 7.87. The molecule has 3 rings (SSSR count). The first-order chi connectivity index (χ1) is 13.2. The normalized spacial score (nSPS) is 17.9. The van der Waals surface area contributed by atoms with Gasteiger partial charge in [0.25, 0.3) is 0 Å². The summed E-state index contributed by atoms with van der Waals surface area (Å²) in [7, 11) is -1.96. The van der Waals surface area contributed by atoms with E-state index in [4.69, 9.17) is 4.52 Å². The Labute approximate surface area is 165 Å². The van der Waals surface area contributed by atoms with Gasteiger partial charge >= 0.3 is 0 Å². The number of hydrogen-bond donors (Lipinski definition) is 0. The maximum absolute atomic E-state index is 12.4. The molecule has 1 aromatic carbocycles. The number of aryl methyl sites for hydroxylation is 1. The maximum Gasteiger partial charge on any atom is 0.237 e. The van der Waals surface area contributed by atoms with Crippen LogP contribution < -0.4 is 0 Å². The third-order valence-electron chi connectivity index (χ3n) is 5.11. The van der Waals surface area contributed by atoms with E-state index in [1.165, 1.54) is 7.05 Å². The summed E-state index contributed by atoms with van der Waals surface area (Å²) >= 11 is 0. The zero-order chi connectivity index (χ0) is 20.3. The monoisotopic (exact) mass is 406 g/mol. The van der Waals surface area contributed by atoms with Crippen LogP contribution in [-0.2, 0) is 21.2 Å². The van der Waals surface area contributed by atoms with E-state index in [2.05, 4.69) is 10.1 Å². The van der Waals surface area contributed by atoms with Gasteiger partial charge in [-0.3, -0.25) is 4.79 Å². The van der Waals surface area contributed by atoms with E-state index in [0.717, 1.165) is 34.5 Å². The highest BCUT2D eigenvalue weighted by atomic mass is 32.2. The minimum absolute atomic E-state index is 0.135. The summed E-state index contributed by atoms with van der Waals surface area (Å²) < 4.78 is 29.6. The van der Waals surface area contributed by atoms with Crippen molar-refractivity contribution in [3.8, 4) is 11.4 Å². The van der Waals surface area contributed by atoms with Crippen LogP contribution in [0.15, 0.2) is 28.8 Å². The lowest BCUT2D eigenvalue weighted by molar-refractivity contribution is -0.133. The largest absolute Gasteiger partial charge is 0.341 e. The number of likely N-dealkylation sites (N-methyl/N-ethyl adjacent to an activating group) is 1. The van der Waals surface area contributed by atoms with Gasteiger partial charge in [-0.15, -0.1) is 0 Å². The van der Waals surface area contributed by atoms with E-state index >= 15 is 0 Å². The summed E-state index contributed by atoms with van der Waals surface area (Å²) in [5, 5.41) is 4.09. The number of carbonyl (C=O) groups excluding carboxylic acids is 1. The van der Waals surface area contributed by atoms with Gasteiger partial charge in [0.05, 0.1) is 12.8 Å². The lowest BCUT2D eigenvalue weighted by Gasteiger charge is -2.33. The zero-order valence-corrected chi connectivity index (χ0v) is 17.3. The van der Waals surface area contributed by atoms with Crippen LogP contribution in [0, 0.1) is 12.8 Å². The van der Waals surface area contributed by atoms with Crippen LogP contribution in [0.25, 0.3) is 11.4 Å². The number of carbonyl (C=O) groups is 1. The Bertz CT molecular complexity index is 941. The Balaban J connectivity index is 1.61. The van der Waals surface area contributed by atoms with Crippen LogP contribution in [0.1, 0.15) is 24.3 Å². The standard InChI is InChI=1S/C19H26N4O4S/c1-14-7-4-5-9-16(14)19-20-17(27-21-19)11-15-8-6-10-23(12-15)18(24)13-22(2)28(3,25)26/h4-5,7,9,15H,6,8,10-13H2,1-3H3. The van der Waals surface area contributed by atoms with Crippen LogP contribution in [0.4, 0.5) is 0 Å². The number of aromatic nitrogens is 2. The molecule has 1 aromatic heterocycles. The predicted molar refractivity (Wildman–Crippen MR) is 105 cm³/mol. The van der Waals surface area contributed by atoms with Crippen molar-refractivity contribution in [1.82, 2.24) is 19.3 Å². The molecule has 0 bridgehead atoms. The van der Waals surface area contributed by atoms with Gasteiger partial charge in [0.2, 0.25) is 27.6 Å². The van der Waals surface area contributed by atoms with Gasteiger partial charge < -0.3 is 9.42 Å². The van der Waals surface area contributed by atoms with Crippen LogP contribution >= 0.6 is 0 Å². The predicted octanol–water partition coefficient (Wildman–Crippen LogP) is 1.72. The first-order valence-electron chi connectivity index (χ1n) is 9.31. The fourth-order valence-corrected chi connectivity index (χ4v) is 3.73. The lowest BCUT2D eigenvalue weighted by Crippen LogP contribution is -2.45. The van der Waals surface area contributed by atoms with E-state index < -0.39 is 10.0 Å². The van der Waals surface area contributed by atoms with Gasteiger partial charge in [-0.2, -0.15) is 9.29 Å². The molecule has 0 N–H and O–H groups in total. The number of likely N-dealkylation sites (tertiary alicyclic amines) is 1. The molecular formula is C19H26N4O4S. The zero-order valence-electron chi connectivity index (χ0n) is 16.5. The highest BCUT2D eigenvalue weighted by Gasteiger charge is 2.27. The van der Waals surface area contributed by atoms with Gasteiger partial charge in [-0.1, -0.05) is 29.4 Å². The summed E-state index contributed by atoms with van der Waals surface area (Å²) in [6.07, 6.45) is 3.54. The molecule has 1 saturated heterocycles. The summed E-state index contributed by atoms with van der Waals surface area (Å²) in [6.45, 7) is 3.08. The molecule has 2 aromatic rings. The van der Waals surface area contributed by atoms with Crippen LogP contribution in [0.3, 0.4) is 0 Å². The fraction of sp³-hybridized carbons (Fsp3) is 0.526. The Morgan fingerprint density at radius 3 is 2.82 bits per heavy atom. The van der Waals surface area contributed by atoms with Crippen molar-refractivity contribution in [2.45, 2.75) is 26.2 Å². The fourth-order valence-electron chi connectivity index (χ4n) is 3.38. The van der Waals surface area contributed by atoms with E-state index in [-0.39, 0.29) is 18.4 Å². The van der Waals surface area contributed by atoms with E-state index in [1.807, 2.05) is 31.2 Å². The van der Waals surface area contributed by atoms with Crippen molar-refractivity contribution >= 4 is 15.9 Å². The molecule has 1 fully saturated rings. The molecule has 152 valence electrons. The summed E-state index contributed by atoms with van der Waals surface area (Å²) in [4.78, 5) is 18.7. The second-order valence-corrected chi connectivity index (χ2v) is 9.49. The number of rotatable bonds is 6. The third-order valence-corrected chi connectivity index (χ3v) is 6.37. The molecule has 1 amide bonds. The Hall–Kier alpha value is -2.26. The van der Waals surface area contributed by atoms with Gasteiger partial charge in [0, 0.05) is 32.1 Å². The minimum Gasteiger partial charge on any atom is -0.341 e. The second-order valence-electron chi connectivity index (χ2n) is 7.40. The number of piperidine rings is 1. The molecule has 0 aliphatic carbocycles. The molecule has 1 unspecified atom stereocenters. The molecule has 8 nitrogen and oxygen atoms in total. The molecule has 28 heavy (non-hydrogen) atoms. The molecule has 2 heterocycles. The number of sulfonamides is 1. The average Bonchev–Trinajstić information content (AvgIpc) is 3.09. The molecule has 1 aliphatic rings. The molecule has 9 heteroatoms.